The monoisotopic (exact) mass is 180 g/mol. The van der Waals surface area contributed by atoms with E-state index in [2.05, 4.69) is 15.0 Å². The molecule has 1 rings (SSSR count). The topological polar surface area (TPSA) is 68.3 Å². The van der Waals surface area contributed by atoms with Crippen LogP contribution in [0, 0.1) is 0 Å². The molecule has 0 spiro atoms. The summed E-state index contributed by atoms with van der Waals surface area (Å²) in [5.74, 6) is -0.0622. The highest BCUT2D eigenvalue weighted by Gasteiger charge is 2.04. The summed E-state index contributed by atoms with van der Waals surface area (Å²) < 4.78 is 4.47. The first-order valence-electron chi connectivity index (χ1n) is 3.52. The zero-order valence-electron chi connectivity index (χ0n) is 6.98. The van der Waals surface area contributed by atoms with Gasteiger partial charge in [-0.25, -0.2) is 9.78 Å². The number of nitrogens with zero attached hydrogens (tertiary/aromatic N) is 1. The Balaban J connectivity index is 2.80. The number of anilines is 1. The number of rotatable bonds is 3. The van der Waals surface area contributed by atoms with Gasteiger partial charge in [-0.2, -0.15) is 0 Å². The SMILES string of the molecule is COC(=O)c1ccc(NC=O)nc1. The Morgan fingerprint density at radius 2 is 2.38 bits per heavy atom. The quantitative estimate of drug-likeness (QED) is 0.541. The van der Waals surface area contributed by atoms with Crippen LogP contribution in [0.4, 0.5) is 5.82 Å². The third-order valence-electron chi connectivity index (χ3n) is 1.39. The normalized spacial score (nSPS) is 9.00. The Morgan fingerprint density at radius 3 is 2.85 bits per heavy atom. The maximum absolute atomic E-state index is 10.9. The van der Waals surface area contributed by atoms with Crippen LogP contribution in [0.3, 0.4) is 0 Å². The fourth-order valence-corrected chi connectivity index (χ4v) is 0.778. The lowest BCUT2D eigenvalue weighted by Crippen LogP contribution is -2.03. The first-order chi connectivity index (χ1) is 6.27. The molecule has 1 aromatic heterocycles. The molecular weight excluding hydrogens is 172 g/mol. The number of hydrogen-bond acceptors (Lipinski definition) is 4. The highest BCUT2D eigenvalue weighted by atomic mass is 16.5. The molecule has 0 atom stereocenters. The summed E-state index contributed by atoms with van der Waals surface area (Å²) in [4.78, 5) is 24.7. The van der Waals surface area contributed by atoms with Crippen LogP contribution < -0.4 is 5.32 Å². The van der Waals surface area contributed by atoms with Crippen molar-refractivity contribution in [1.82, 2.24) is 4.98 Å². The molecule has 0 aromatic carbocycles. The molecule has 0 aliphatic heterocycles. The summed E-state index contributed by atoms with van der Waals surface area (Å²) in [5.41, 5.74) is 0.346. The number of carbonyl (C=O) groups is 2. The summed E-state index contributed by atoms with van der Waals surface area (Å²) >= 11 is 0. The highest BCUT2D eigenvalue weighted by molar-refractivity contribution is 5.89. The van der Waals surface area contributed by atoms with Gasteiger partial charge in [0, 0.05) is 6.20 Å². The van der Waals surface area contributed by atoms with E-state index in [0.29, 0.717) is 17.8 Å². The minimum absolute atomic E-state index is 0.346. The van der Waals surface area contributed by atoms with E-state index in [0.717, 1.165) is 0 Å². The average Bonchev–Trinajstić information content (AvgIpc) is 2.18. The van der Waals surface area contributed by atoms with Gasteiger partial charge in [0.05, 0.1) is 12.7 Å². The smallest absolute Gasteiger partial charge is 0.339 e. The molecule has 1 N–H and O–H groups in total. The lowest BCUT2D eigenvalue weighted by atomic mass is 10.3. The van der Waals surface area contributed by atoms with E-state index >= 15 is 0 Å². The molecule has 5 heteroatoms. The second-order valence-corrected chi connectivity index (χ2v) is 2.19. The number of pyridine rings is 1. The molecule has 5 nitrogen and oxygen atoms in total. The van der Waals surface area contributed by atoms with Gasteiger partial charge in [0.2, 0.25) is 6.41 Å². The Bertz CT molecular complexity index is 308. The maximum Gasteiger partial charge on any atom is 0.339 e. The summed E-state index contributed by atoms with van der Waals surface area (Å²) in [7, 11) is 1.29. The molecule has 0 bridgehead atoms. The van der Waals surface area contributed by atoms with Crippen molar-refractivity contribution in [2.45, 2.75) is 0 Å². The Morgan fingerprint density at radius 1 is 1.62 bits per heavy atom. The first-order valence-corrected chi connectivity index (χ1v) is 3.52. The van der Waals surface area contributed by atoms with Gasteiger partial charge >= 0.3 is 5.97 Å². The number of ether oxygens (including phenoxy) is 1. The van der Waals surface area contributed by atoms with E-state index in [1.54, 1.807) is 0 Å². The number of nitrogens with one attached hydrogen (secondary N) is 1. The first kappa shape index (κ1) is 9.18. The van der Waals surface area contributed by atoms with Crippen molar-refractivity contribution in [1.29, 1.82) is 0 Å². The van der Waals surface area contributed by atoms with E-state index in [-0.39, 0.29) is 0 Å². The molecule has 0 fully saturated rings. The van der Waals surface area contributed by atoms with Crippen LogP contribution >= 0.6 is 0 Å². The number of aromatic nitrogens is 1. The second-order valence-electron chi connectivity index (χ2n) is 2.19. The van der Waals surface area contributed by atoms with Gasteiger partial charge in [-0.05, 0) is 12.1 Å². The molecule has 0 aliphatic carbocycles. The zero-order chi connectivity index (χ0) is 9.68. The number of hydrogen-bond donors (Lipinski definition) is 1. The van der Waals surface area contributed by atoms with Gasteiger partial charge in [0.1, 0.15) is 5.82 Å². The fraction of sp³-hybridized carbons (Fsp3) is 0.125. The van der Waals surface area contributed by atoms with Gasteiger partial charge in [-0.1, -0.05) is 0 Å². The summed E-state index contributed by atoms with van der Waals surface area (Å²) in [6.07, 6.45) is 1.85. The van der Waals surface area contributed by atoms with Crippen LogP contribution in [0.5, 0.6) is 0 Å². The highest BCUT2D eigenvalue weighted by Crippen LogP contribution is 2.04. The number of amides is 1. The van der Waals surface area contributed by atoms with Gasteiger partial charge in [-0.3, -0.25) is 4.79 Å². The predicted octanol–water partition coefficient (Wildman–Crippen LogP) is 0.436. The van der Waals surface area contributed by atoms with Crippen LogP contribution in [-0.4, -0.2) is 24.5 Å². The molecule has 68 valence electrons. The van der Waals surface area contributed by atoms with Crippen LogP contribution in [0.15, 0.2) is 18.3 Å². The second kappa shape index (κ2) is 4.20. The van der Waals surface area contributed by atoms with E-state index in [1.807, 2.05) is 0 Å². The standard InChI is InChI=1S/C8H8N2O3/c1-13-8(12)6-2-3-7(9-4-6)10-5-11/h2-5H,1H3,(H,9,10,11). The molecule has 13 heavy (non-hydrogen) atoms. The molecule has 0 saturated carbocycles. The molecular formula is C8H8N2O3. The fourth-order valence-electron chi connectivity index (χ4n) is 0.778. The van der Waals surface area contributed by atoms with E-state index in [9.17, 15) is 9.59 Å². The van der Waals surface area contributed by atoms with Gasteiger partial charge in [0.25, 0.3) is 0 Å². The largest absolute Gasteiger partial charge is 0.465 e. The van der Waals surface area contributed by atoms with E-state index in [4.69, 9.17) is 0 Å². The number of esters is 1. The summed E-state index contributed by atoms with van der Waals surface area (Å²) in [5, 5.41) is 2.35. The molecule has 1 amide bonds. The molecule has 0 saturated heterocycles. The van der Waals surface area contributed by atoms with Crippen molar-refractivity contribution in [3.8, 4) is 0 Å². The third-order valence-corrected chi connectivity index (χ3v) is 1.39. The van der Waals surface area contributed by atoms with E-state index < -0.39 is 5.97 Å². The zero-order valence-corrected chi connectivity index (χ0v) is 6.98. The number of methoxy groups -OCH3 is 1. The molecule has 0 unspecified atom stereocenters. The molecule has 0 radical (unpaired) electrons. The van der Waals surface area contributed by atoms with Crippen LogP contribution in [0.2, 0.25) is 0 Å². The summed E-state index contributed by atoms with van der Waals surface area (Å²) in [6, 6.07) is 3.03. The molecule has 0 aliphatic rings. The van der Waals surface area contributed by atoms with Crippen molar-refractivity contribution in [2.75, 3.05) is 12.4 Å². The Hall–Kier alpha value is -1.91. The van der Waals surface area contributed by atoms with Crippen molar-refractivity contribution in [3.63, 3.8) is 0 Å². The van der Waals surface area contributed by atoms with Crippen LogP contribution in [0.25, 0.3) is 0 Å². The minimum Gasteiger partial charge on any atom is -0.465 e. The van der Waals surface area contributed by atoms with Gasteiger partial charge in [0.15, 0.2) is 0 Å². The maximum atomic E-state index is 10.9. The van der Waals surface area contributed by atoms with Gasteiger partial charge < -0.3 is 10.1 Å². The van der Waals surface area contributed by atoms with Crippen molar-refractivity contribution >= 4 is 18.2 Å². The lowest BCUT2D eigenvalue weighted by molar-refractivity contribution is -0.105. The van der Waals surface area contributed by atoms with Crippen molar-refractivity contribution in [3.05, 3.63) is 23.9 Å². The van der Waals surface area contributed by atoms with Crippen molar-refractivity contribution < 1.29 is 14.3 Å². The molecule has 1 heterocycles. The molecule has 1 aromatic rings. The number of carbonyl (C=O) groups excluding carboxylic acids is 2. The Labute approximate surface area is 74.7 Å². The van der Waals surface area contributed by atoms with Crippen molar-refractivity contribution in [2.24, 2.45) is 0 Å². The average molecular weight is 180 g/mol. The summed E-state index contributed by atoms with van der Waals surface area (Å²) in [6.45, 7) is 0. The van der Waals surface area contributed by atoms with Crippen LogP contribution in [0.1, 0.15) is 10.4 Å². The Kier molecular flexibility index (Phi) is 2.97. The van der Waals surface area contributed by atoms with Gasteiger partial charge in [-0.15, -0.1) is 0 Å². The predicted molar refractivity (Wildman–Crippen MR) is 45.3 cm³/mol. The lowest BCUT2D eigenvalue weighted by Gasteiger charge is -1.99. The van der Waals surface area contributed by atoms with E-state index in [1.165, 1.54) is 25.4 Å². The third kappa shape index (κ3) is 2.26. The van der Waals surface area contributed by atoms with Crippen LogP contribution in [-0.2, 0) is 9.53 Å². The minimum atomic E-state index is -0.454.